The van der Waals surface area contributed by atoms with E-state index in [0.29, 0.717) is 25.5 Å². The van der Waals surface area contributed by atoms with Crippen LogP contribution in [0.4, 0.5) is 13.2 Å². The highest BCUT2D eigenvalue weighted by atomic mass is 127. The van der Waals surface area contributed by atoms with Crippen LogP contribution < -0.4 is 15.4 Å². The second kappa shape index (κ2) is 11.6. The van der Waals surface area contributed by atoms with Crippen molar-refractivity contribution in [2.75, 3.05) is 32.4 Å². The molecule has 1 aromatic rings. The zero-order valence-corrected chi connectivity index (χ0v) is 17.7. The van der Waals surface area contributed by atoms with Crippen LogP contribution >= 0.6 is 24.0 Å². The second-order valence-electron chi connectivity index (χ2n) is 5.17. The van der Waals surface area contributed by atoms with Crippen LogP contribution in [0.3, 0.4) is 0 Å². The molecule has 3 N–H and O–H groups in total. The molecule has 0 saturated carbocycles. The van der Waals surface area contributed by atoms with Crippen LogP contribution in [0.5, 0.6) is 0 Å². The standard InChI is InChI=1S/C15H23F3N4O2S.HI/c1-3-25(23,24)22-11-10-21-14(19-2)20-9-8-12-4-6-13(7-5-12)15(16,17)18;/h4-7,22H,3,8-11H2,1-2H3,(H2,19,20,21);1H. The Hall–Kier alpha value is -1.08. The normalized spacial score (nSPS) is 12.4. The van der Waals surface area contributed by atoms with Crippen molar-refractivity contribution < 1.29 is 21.6 Å². The monoisotopic (exact) mass is 508 g/mol. The second-order valence-corrected chi connectivity index (χ2v) is 7.26. The Labute approximate surface area is 169 Å². The third-order valence-electron chi connectivity index (χ3n) is 3.33. The molecule has 0 fully saturated rings. The van der Waals surface area contributed by atoms with Crippen LogP contribution in [0.25, 0.3) is 0 Å². The molecule has 6 nitrogen and oxygen atoms in total. The topological polar surface area (TPSA) is 82.6 Å². The lowest BCUT2D eigenvalue weighted by molar-refractivity contribution is -0.137. The lowest BCUT2D eigenvalue weighted by atomic mass is 10.1. The van der Waals surface area contributed by atoms with Gasteiger partial charge in [0.2, 0.25) is 10.0 Å². The lowest BCUT2D eigenvalue weighted by Gasteiger charge is -2.12. The SMILES string of the molecule is CCS(=O)(=O)NCCNC(=NC)NCCc1ccc(C(F)(F)F)cc1.I. The predicted octanol–water partition coefficient (Wildman–Crippen LogP) is 1.97. The lowest BCUT2D eigenvalue weighted by Crippen LogP contribution is -2.42. The number of aliphatic imine (C=N–C) groups is 1. The molecular formula is C15H24F3IN4O2S. The summed E-state index contributed by atoms with van der Waals surface area (Å²) in [5.41, 5.74) is 0.0999. The van der Waals surface area contributed by atoms with E-state index in [0.717, 1.165) is 17.7 Å². The number of hydrogen-bond acceptors (Lipinski definition) is 3. The van der Waals surface area contributed by atoms with Crippen molar-refractivity contribution in [2.45, 2.75) is 19.5 Å². The molecule has 0 amide bonds. The van der Waals surface area contributed by atoms with Crippen molar-refractivity contribution in [1.82, 2.24) is 15.4 Å². The Morgan fingerprint density at radius 1 is 1.08 bits per heavy atom. The van der Waals surface area contributed by atoms with Gasteiger partial charge in [-0.05, 0) is 31.0 Å². The smallest absolute Gasteiger partial charge is 0.356 e. The molecule has 0 saturated heterocycles. The van der Waals surface area contributed by atoms with Gasteiger partial charge in [-0.25, -0.2) is 13.1 Å². The van der Waals surface area contributed by atoms with Crippen LogP contribution in [0.2, 0.25) is 0 Å². The number of rotatable bonds is 8. The highest BCUT2D eigenvalue weighted by Gasteiger charge is 2.29. The van der Waals surface area contributed by atoms with Gasteiger partial charge in [-0.2, -0.15) is 13.2 Å². The maximum Gasteiger partial charge on any atom is 0.416 e. The number of nitrogens with one attached hydrogen (secondary N) is 3. The van der Waals surface area contributed by atoms with Gasteiger partial charge in [0.05, 0.1) is 11.3 Å². The molecule has 0 aliphatic carbocycles. The van der Waals surface area contributed by atoms with Crippen molar-refractivity contribution in [3.05, 3.63) is 35.4 Å². The van der Waals surface area contributed by atoms with E-state index in [4.69, 9.17) is 0 Å². The first-order valence-corrected chi connectivity index (χ1v) is 9.41. The molecule has 0 aliphatic heterocycles. The van der Waals surface area contributed by atoms with Gasteiger partial charge in [0.1, 0.15) is 0 Å². The van der Waals surface area contributed by atoms with E-state index >= 15 is 0 Å². The number of benzene rings is 1. The Kier molecular flexibility index (Phi) is 11.1. The quantitative estimate of drug-likeness (QED) is 0.217. The largest absolute Gasteiger partial charge is 0.416 e. The van der Waals surface area contributed by atoms with Gasteiger partial charge in [0.15, 0.2) is 5.96 Å². The molecule has 0 heterocycles. The molecule has 0 spiro atoms. The summed E-state index contributed by atoms with van der Waals surface area (Å²) in [6.45, 7) is 2.62. The van der Waals surface area contributed by atoms with Gasteiger partial charge < -0.3 is 10.6 Å². The average molecular weight is 508 g/mol. The van der Waals surface area contributed by atoms with Crippen molar-refractivity contribution in [3.8, 4) is 0 Å². The van der Waals surface area contributed by atoms with Crippen molar-refractivity contribution in [3.63, 3.8) is 0 Å². The minimum Gasteiger partial charge on any atom is -0.356 e. The minimum absolute atomic E-state index is 0. The molecule has 0 aromatic heterocycles. The van der Waals surface area contributed by atoms with Crippen LogP contribution in [-0.2, 0) is 22.6 Å². The van der Waals surface area contributed by atoms with E-state index in [1.807, 2.05) is 0 Å². The number of nitrogens with zero attached hydrogens (tertiary/aromatic N) is 1. The van der Waals surface area contributed by atoms with E-state index in [2.05, 4.69) is 20.3 Å². The third kappa shape index (κ3) is 9.57. The zero-order chi connectivity index (χ0) is 18.9. The summed E-state index contributed by atoms with van der Waals surface area (Å²) in [4.78, 5) is 3.99. The summed E-state index contributed by atoms with van der Waals surface area (Å²) in [6.07, 6.45) is -3.80. The predicted molar refractivity (Wildman–Crippen MR) is 107 cm³/mol. The number of hydrogen-bond donors (Lipinski definition) is 3. The van der Waals surface area contributed by atoms with Gasteiger partial charge >= 0.3 is 6.18 Å². The van der Waals surface area contributed by atoms with Gasteiger partial charge in [0, 0.05) is 26.7 Å². The van der Waals surface area contributed by atoms with Crippen LogP contribution in [0, 0.1) is 0 Å². The van der Waals surface area contributed by atoms with Crippen molar-refractivity contribution >= 4 is 40.0 Å². The van der Waals surface area contributed by atoms with E-state index < -0.39 is 21.8 Å². The van der Waals surface area contributed by atoms with Crippen LogP contribution in [0.1, 0.15) is 18.1 Å². The Bertz CT molecular complexity index is 664. The molecule has 26 heavy (non-hydrogen) atoms. The fourth-order valence-electron chi connectivity index (χ4n) is 1.90. The summed E-state index contributed by atoms with van der Waals surface area (Å²) in [5, 5.41) is 5.96. The van der Waals surface area contributed by atoms with E-state index in [1.54, 1.807) is 14.0 Å². The fraction of sp³-hybridized carbons (Fsp3) is 0.533. The van der Waals surface area contributed by atoms with Crippen LogP contribution in [0.15, 0.2) is 29.3 Å². The molecule has 0 aliphatic rings. The summed E-state index contributed by atoms with van der Waals surface area (Å²) in [6, 6.07) is 5.00. The summed E-state index contributed by atoms with van der Waals surface area (Å²) < 4.78 is 62.4. The molecule has 0 radical (unpaired) electrons. The summed E-state index contributed by atoms with van der Waals surface area (Å²) in [5.74, 6) is 0.509. The molecule has 11 heteroatoms. The molecule has 0 atom stereocenters. The van der Waals surface area contributed by atoms with Crippen molar-refractivity contribution in [1.29, 1.82) is 0 Å². The minimum atomic E-state index is -4.33. The van der Waals surface area contributed by atoms with Gasteiger partial charge in [0.25, 0.3) is 0 Å². The number of halogens is 4. The molecule has 0 bridgehead atoms. The molecule has 150 valence electrons. The third-order valence-corrected chi connectivity index (χ3v) is 4.73. The Morgan fingerprint density at radius 2 is 1.65 bits per heavy atom. The summed E-state index contributed by atoms with van der Waals surface area (Å²) >= 11 is 0. The highest BCUT2D eigenvalue weighted by Crippen LogP contribution is 2.29. The molecule has 1 rings (SSSR count). The fourth-order valence-corrected chi connectivity index (χ4v) is 2.51. The average Bonchev–Trinajstić information content (AvgIpc) is 2.56. The van der Waals surface area contributed by atoms with Gasteiger partial charge in [-0.15, -0.1) is 24.0 Å². The maximum absolute atomic E-state index is 12.5. The first-order valence-electron chi connectivity index (χ1n) is 7.76. The number of sulfonamides is 1. The first kappa shape index (κ1) is 24.9. The van der Waals surface area contributed by atoms with Crippen molar-refractivity contribution in [2.24, 2.45) is 4.99 Å². The summed E-state index contributed by atoms with van der Waals surface area (Å²) in [7, 11) is -1.65. The van der Waals surface area contributed by atoms with E-state index in [9.17, 15) is 21.6 Å². The van der Waals surface area contributed by atoms with E-state index in [1.165, 1.54) is 12.1 Å². The first-order chi connectivity index (χ1) is 11.7. The molecular weight excluding hydrogens is 484 g/mol. The maximum atomic E-state index is 12.5. The Morgan fingerprint density at radius 3 is 2.15 bits per heavy atom. The molecule has 0 unspecified atom stereocenters. The van der Waals surface area contributed by atoms with Gasteiger partial charge in [-0.3, -0.25) is 4.99 Å². The number of alkyl halides is 3. The van der Waals surface area contributed by atoms with Gasteiger partial charge in [-0.1, -0.05) is 12.1 Å². The highest BCUT2D eigenvalue weighted by molar-refractivity contribution is 14.0. The number of guanidine groups is 1. The van der Waals surface area contributed by atoms with E-state index in [-0.39, 0.29) is 36.3 Å². The Balaban J connectivity index is 0.00000625. The van der Waals surface area contributed by atoms with Crippen LogP contribution in [-0.4, -0.2) is 46.8 Å². The molecule has 1 aromatic carbocycles. The zero-order valence-electron chi connectivity index (χ0n) is 14.6.